The van der Waals surface area contributed by atoms with Gasteiger partial charge in [0, 0.05) is 12.3 Å². The average Bonchev–Trinajstić information content (AvgIpc) is 2.40. The lowest BCUT2D eigenvalue weighted by Gasteiger charge is -2.07. The Morgan fingerprint density at radius 1 is 1.29 bits per heavy atom. The van der Waals surface area contributed by atoms with Gasteiger partial charge in [-0.3, -0.25) is 4.98 Å². The lowest BCUT2D eigenvalue weighted by Crippen LogP contribution is -1.95. The van der Waals surface area contributed by atoms with Gasteiger partial charge >= 0.3 is 0 Å². The third-order valence-electron chi connectivity index (χ3n) is 2.17. The van der Waals surface area contributed by atoms with E-state index in [4.69, 9.17) is 10.00 Å². The van der Waals surface area contributed by atoms with Crippen LogP contribution in [0.25, 0.3) is 0 Å². The van der Waals surface area contributed by atoms with Gasteiger partial charge in [-0.15, -0.1) is 0 Å². The van der Waals surface area contributed by atoms with E-state index in [9.17, 15) is 0 Å². The van der Waals surface area contributed by atoms with E-state index in [1.165, 1.54) is 0 Å². The SMILES string of the molecule is COc1ccc(Nc2cnccc2C#N)cn1. The van der Waals surface area contributed by atoms with Gasteiger partial charge in [-0.05, 0) is 12.1 Å². The highest BCUT2D eigenvalue weighted by Crippen LogP contribution is 2.19. The van der Waals surface area contributed by atoms with Crippen LogP contribution in [0.4, 0.5) is 11.4 Å². The van der Waals surface area contributed by atoms with E-state index in [1.54, 1.807) is 37.8 Å². The number of anilines is 2. The molecular formula is C12H10N4O. The minimum atomic E-state index is 0.538. The summed E-state index contributed by atoms with van der Waals surface area (Å²) in [6.45, 7) is 0. The summed E-state index contributed by atoms with van der Waals surface area (Å²) in [5.74, 6) is 0.544. The Kier molecular flexibility index (Phi) is 3.17. The number of pyridine rings is 2. The summed E-state index contributed by atoms with van der Waals surface area (Å²) in [6.07, 6.45) is 4.81. The molecule has 0 radical (unpaired) electrons. The minimum Gasteiger partial charge on any atom is -0.481 e. The van der Waals surface area contributed by atoms with E-state index >= 15 is 0 Å². The van der Waals surface area contributed by atoms with E-state index < -0.39 is 0 Å². The zero-order valence-corrected chi connectivity index (χ0v) is 9.21. The molecule has 0 saturated heterocycles. The molecule has 5 heteroatoms. The van der Waals surface area contributed by atoms with E-state index in [1.807, 2.05) is 6.07 Å². The molecule has 2 rings (SSSR count). The number of nitrogens with zero attached hydrogens (tertiary/aromatic N) is 3. The van der Waals surface area contributed by atoms with Gasteiger partial charge in [0.25, 0.3) is 0 Å². The number of nitrogens with one attached hydrogen (secondary N) is 1. The molecule has 0 aliphatic carbocycles. The first-order valence-corrected chi connectivity index (χ1v) is 4.94. The molecule has 5 nitrogen and oxygen atoms in total. The van der Waals surface area contributed by atoms with Crippen LogP contribution in [-0.4, -0.2) is 17.1 Å². The molecule has 1 N–H and O–H groups in total. The molecule has 0 amide bonds. The number of hydrogen-bond donors (Lipinski definition) is 1. The maximum absolute atomic E-state index is 8.93. The second-order valence-corrected chi connectivity index (χ2v) is 3.25. The van der Waals surface area contributed by atoms with Gasteiger partial charge in [0.1, 0.15) is 6.07 Å². The van der Waals surface area contributed by atoms with Crippen molar-refractivity contribution in [3.8, 4) is 11.9 Å². The first-order valence-electron chi connectivity index (χ1n) is 4.94. The lowest BCUT2D eigenvalue weighted by atomic mass is 10.2. The van der Waals surface area contributed by atoms with Crippen LogP contribution in [0.15, 0.2) is 36.8 Å². The molecule has 0 spiro atoms. The van der Waals surface area contributed by atoms with Crippen molar-refractivity contribution in [2.24, 2.45) is 0 Å². The first-order chi connectivity index (χ1) is 8.33. The fraction of sp³-hybridized carbons (Fsp3) is 0.0833. The smallest absolute Gasteiger partial charge is 0.213 e. The third kappa shape index (κ3) is 2.49. The molecule has 0 unspecified atom stereocenters. The van der Waals surface area contributed by atoms with Gasteiger partial charge in [0.15, 0.2) is 0 Å². The van der Waals surface area contributed by atoms with Crippen LogP contribution in [0.1, 0.15) is 5.56 Å². The largest absolute Gasteiger partial charge is 0.481 e. The van der Waals surface area contributed by atoms with Crippen LogP contribution in [-0.2, 0) is 0 Å². The van der Waals surface area contributed by atoms with Crippen LogP contribution in [0.3, 0.4) is 0 Å². The van der Waals surface area contributed by atoms with Crippen LogP contribution < -0.4 is 10.1 Å². The molecule has 0 atom stereocenters. The van der Waals surface area contributed by atoms with Crippen LogP contribution >= 0.6 is 0 Å². The Hall–Kier alpha value is -2.61. The van der Waals surface area contributed by atoms with E-state index in [0.717, 1.165) is 5.69 Å². The predicted molar refractivity (Wildman–Crippen MR) is 63.0 cm³/mol. The van der Waals surface area contributed by atoms with Crippen molar-refractivity contribution in [1.82, 2.24) is 9.97 Å². The number of methoxy groups -OCH3 is 1. The fourth-order valence-electron chi connectivity index (χ4n) is 1.32. The summed E-state index contributed by atoms with van der Waals surface area (Å²) in [5.41, 5.74) is 1.97. The molecule has 0 saturated carbocycles. The average molecular weight is 226 g/mol. The summed E-state index contributed by atoms with van der Waals surface area (Å²) >= 11 is 0. The number of ether oxygens (including phenoxy) is 1. The number of rotatable bonds is 3. The molecule has 2 aromatic heterocycles. The fourth-order valence-corrected chi connectivity index (χ4v) is 1.32. The summed E-state index contributed by atoms with van der Waals surface area (Å²) < 4.78 is 4.96. The minimum absolute atomic E-state index is 0.538. The zero-order chi connectivity index (χ0) is 12.1. The summed E-state index contributed by atoms with van der Waals surface area (Å²) in [6, 6.07) is 7.30. The maximum Gasteiger partial charge on any atom is 0.213 e. The van der Waals surface area contributed by atoms with Crippen molar-refractivity contribution in [1.29, 1.82) is 5.26 Å². The van der Waals surface area contributed by atoms with Gasteiger partial charge < -0.3 is 10.1 Å². The van der Waals surface area contributed by atoms with Gasteiger partial charge in [0.05, 0.1) is 36.4 Å². The van der Waals surface area contributed by atoms with Crippen LogP contribution in [0, 0.1) is 11.3 Å². The standard InChI is InChI=1S/C12H10N4O/c1-17-12-3-2-10(7-15-12)16-11-8-14-5-4-9(11)6-13/h2-5,7-8,16H,1H3. The van der Waals surface area contributed by atoms with Crippen molar-refractivity contribution in [2.75, 3.05) is 12.4 Å². The van der Waals surface area contributed by atoms with Gasteiger partial charge in [-0.1, -0.05) is 0 Å². The Labute approximate surface area is 98.7 Å². The number of aromatic nitrogens is 2. The van der Waals surface area contributed by atoms with Crippen molar-refractivity contribution in [3.63, 3.8) is 0 Å². The highest BCUT2D eigenvalue weighted by molar-refractivity contribution is 5.64. The quantitative estimate of drug-likeness (QED) is 0.867. The Bertz CT molecular complexity index is 545. The van der Waals surface area contributed by atoms with Crippen molar-refractivity contribution in [2.45, 2.75) is 0 Å². The van der Waals surface area contributed by atoms with Crippen LogP contribution in [0.2, 0.25) is 0 Å². The molecule has 17 heavy (non-hydrogen) atoms. The normalized spacial score (nSPS) is 9.41. The topological polar surface area (TPSA) is 70.8 Å². The van der Waals surface area contributed by atoms with E-state index in [2.05, 4.69) is 21.4 Å². The van der Waals surface area contributed by atoms with Gasteiger partial charge in [-0.25, -0.2) is 4.98 Å². The zero-order valence-electron chi connectivity index (χ0n) is 9.21. The number of nitriles is 1. The van der Waals surface area contributed by atoms with E-state index in [-0.39, 0.29) is 0 Å². The maximum atomic E-state index is 8.93. The summed E-state index contributed by atoms with van der Waals surface area (Å²) in [5, 5.41) is 12.0. The van der Waals surface area contributed by atoms with Crippen molar-refractivity contribution in [3.05, 3.63) is 42.4 Å². The molecule has 84 valence electrons. The molecule has 2 aromatic rings. The second kappa shape index (κ2) is 4.94. The predicted octanol–water partition coefficient (Wildman–Crippen LogP) is 2.10. The van der Waals surface area contributed by atoms with Crippen molar-refractivity contribution >= 4 is 11.4 Å². The van der Waals surface area contributed by atoms with Gasteiger partial charge in [0.2, 0.25) is 5.88 Å². The first kappa shape index (κ1) is 10.9. The highest BCUT2D eigenvalue weighted by atomic mass is 16.5. The number of hydrogen-bond acceptors (Lipinski definition) is 5. The Balaban J connectivity index is 2.23. The molecular weight excluding hydrogens is 216 g/mol. The molecule has 0 aliphatic heterocycles. The molecule has 0 bridgehead atoms. The molecule has 0 aromatic carbocycles. The molecule has 0 fully saturated rings. The Morgan fingerprint density at radius 3 is 2.82 bits per heavy atom. The van der Waals surface area contributed by atoms with Crippen molar-refractivity contribution < 1.29 is 4.74 Å². The Morgan fingerprint density at radius 2 is 2.18 bits per heavy atom. The summed E-state index contributed by atoms with van der Waals surface area (Å²) in [7, 11) is 1.56. The van der Waals surface area contributed by atoms with E-state index in [0.29, 0.717) is 17.1 Å². The van der Waals surface area contributed by atoms with Gasteiger partial charge in [-0.2, -0.15) is 5.26 Å². The summed E-state index contributed by atoms with van der Waals surface area (Å²) in [4.78, 5) is 8.03. The lowest BCUT2D eigenvalue weighted by molar-refractivity contribution is 0.398. The third-order valence-corrected chi connectivity index (χ3v) is 2.17. The highest BCUT2D eigenvalue weighted by Gasteiger charge is 2.02. The molecule has 2 heterocycles. The van der Waals surface area contributed by atoms with Crippen LogP contribution in [0.5, 0.6) is 5.88 Å². The second-order valence-electron chi connectivity index (χ2n) is 3.25. The molecule has 0 aliphatic rings. The monoisotopic (exact) mass is 226 g/mol.